The monoisotopic (exact) mass is 368 g/mol. The van der Waals surface area contributed by atoms with Crippen molar-refractivity contribution in [2.45, 2.75) is 61.9 Å². The minimum absolute atomic E-state index is 0.285. The molecule has 1 unspecified atom stereocenters. The van der Waals surface area contributed by atoms with Gasteiger partial charge in [-0.3, -0.25) is 4.79 Å². The lowest BCUT2D eigenvalue weighted by atomic mass is 10.1. The fraction of sp³-hybridized carbons (Fsp3) is 0.846. The molecule has 1 fully saturated rings. The molecule has 0 heterocycles. The molecule has 1 atom stereocenters. The molecule has 0 N–H and O–H groups in total. The average molecular weight is 368 g/mol. The Morgan fingerprint density at radius 1 is 1.33 bits per heavy atom. The first-order valence-electron chi connectivity index (χ1n) is 6.37. The minimum atomic E-state index is -0.574. The van der Waals surface area contributed by atoms with Gasteiger partial charge in [0.05, 0.1) is 0 Å². The number of halogens is 1. The number of carbonyl (C=O) groups excluding carboxylic acids is 2. The summed E-state index contributed by atoms with van der Waals surface area (Å²) in [5.74, 6) is -0.810. The molecule has 0 saturated heterocycles. The van der Waals surface area contributed by atoms with Crippen LogP contribution in [0.25, 0.3) is 0 Å². The highest BCUT2D eigenvalue weighted by molar-refractivity contribution is 14.1. The molecule has 0 amide bonds. The van der Waals surface area contributed by atoms with Crippen LogP contribution in [-0.2, 0) is 19.1 Å². The molecule has 1 aliphatic carbocycles. The van der Waals surface area contributed by atoms with Gasteiger partial charge < -0.3 is 9.47 Å². The molecular formula is C13H21IO4. The lowest BCUT2D eigenvalue weighted by Gasteiger charge is -2.24. The van der Waals surface area contributed by atoms with Gasteiger partial charge in [0.25, 0.3) is 0 Å². The molecule has 1 rings (SSSR count). The summed E-state index contributed by atoms with van der Waals surface area (Å²) < 4.78 is 9.80. The van der Waals surface area contributed by atoms with Crippen LogP contribution in [0.2, 0.25) is 0 Å². The Morgan fingerprint density at radius 3 is 2.39 bits per heavy atom. The van der Waals surface area contributed by atoms with E-state index in [9.17, 15) is 9.59 Å². The standard InChI is InChI=1S/C13H21IO4/c1-4-13(3,14)11(16)17-9-10(15)18-12(2)7-5-6-8-12/h4-9H2,1-3H3. The van der Waals surface area contributed by atoms with Crippen molar-refractivity contribution in [3.63, 3.8) is 0 Å². The van der Waals surface area contributed by atoms with Crippen LogP contribution < -0.4 is 0 Å². The lowest BCUT2D eigenvalue weighted by molar-refractivity contribution is -0.169. The normalized spacial score (nSPS) is 21.1. The van der Waals surface area contributed by atoms with Crippen molar-refractivity contribution in [3.8, 4) is 0 Å². The maximum atomic E-state index is 11.7. The summed E-state index contributed by atoms with van der Waals surface area (Å²) >= 11 is 2.04. The highest BCUT2D eigenvalue weighted by Crippen LogP contribution is 2.32. The van der Waals surface area contributed by atoms with Crippen LogP contribution in [0.15, 0.2) is 0 Å². The molecule has 0 bridgehead atoms. The van der Waals surface area contributed by atoms with Gasteiger partial charge in [-0.1, -0.05) is 29.5 Å². The third-order valence-electron chi connectivity index (χ3n) is 3.43. The van der Waals surface area contributed by atoms with Gasteiger partial charge in [-0.15, -0.1) is 0 Å². The fourth-order valence-electron chi connectivity index (χ4n) is 1.95. The molecule has 0 aromatic rings. The Labute approximate surface area is 122 Å². The van der Waals surface area contributed by atoms with Gasteiger partial charge in [0, 0.05) is 0 Å². The molecule has 0 aromatic carbocycles. The molecule has 104 valence electrons. The van der Waals surface area contributed by atoms with E-state index in [-0.39, 0.29) is 18.2 Å². The molecule has 0 aromatic heterocycles. The van der Waals surface area contributed by atoms with Crippen molar-refractivity contribution in [1.82, 2.24) is 0 Å². The van der Waals surface area contributed by atoms with E-state index < -0.39 is 9.39 Å². The van der Waals surface area contributed by atoms with Crippen molar-refractivity contribution < 1.29 is 19.1 Å². The third-order valence-corrected chi connectivity index (χ3v) is 4.64. The van der Waals surface area contributed by atoms with Crippen molar-refractivity contribution in [2.75, 3.05) is 6.61 Å². The summed E-state index contributed by atoms with van der Waals surface area (Å²) in [4.78, 5) is 23.3. The van der Waals surface area contributed by atoms with Crippen molar-refractivity contribution in [3.05, 3.63) is 0 Å². The molecule has 5 heteroatoms. The van der Waals surface area contributed by atoms with Crippen LogP contribution in [-0.4, -0.2) is 27.6 Å². The number of hydrogen-bond donors (Lipinski definition) is 0. The van der Waals surface area contributed by atoms with E-state index in [1.165, 1.54) is 0 Å². The minimum Gasteiger partial charge on any atom is -0.457 e. The summed E-state index contributed by atoms with van der Waals surface area (Å²) in [7, 11) is 0. The molecule has 0 aliphatic heterocycles. The third kappa shape index (κ3) is 4.40. The van der Waals surface area contributed by atoms with Crippen LogP contribution >= 0.6 is 22.6 Å². The van der Waals surface area contributed by atoms with Gasteiger partial charge in [-0.25, -0.2) is 4.79 Å². The van der Waals surface area contributed by atoms with Crippen molar-refractivity contribution in [2.24, 2.45) is 0 Å². The quantitative estimate of drug-likeness (QED) is 0.425. The number of rotatable bonds is 5. The van der Waals surface area contributed by atoms with E-state index >= 15 is 0 Å². The first kappa shape index (κ1) is 15.7. The zero-order chi connectivity index (χ0) is 13.8. The Kier molecular flexibility index (Phi) is 5.43. The van der Waals surface area contributed by atoms with E-state index in [4.69, 9.17) is 9.47 Å². The largest absolute Gasteiger partial charge is 0.457 e. The number of esters is 2. The SMILES string of the molecule is CCC(C)(I)C(=O)OCC(=O)OC1(C)CCCC1. The van der Waals surface area contributed by atoms with Gasteiger partial charge in [-0.2, -0.15) is 0 Å². The highest BCUT2D eigenvalue weighted by atomic mass is 127. The molecule has 1 aliphatic rings. The van der Waals surface area contributed by atoms with Gasteiger partial charge in [0.15, 0.2) is 6.61 Å². The van der Waals surface area contributed by atoms with Gasteiger partial charge in [0.2, 0.25) is 0 Å². The van der Waals surface area contributed by atoms with Crippen LogP contribution in [0.5, 0.6) is 0 Å². The second-order valence-corrected chi connectivity index (χ2v) is 7.64. The molecule has 18 heavy (non-hydrogen) atoms. The predicted octanol–water partition coefficient (Wildman–Crippen LogP) is 3.01. The number of ether oxygens (including phenoxy) is 2. The van der Waals surface area contributed by atoms with Crippen molar-refractivity contribution >= 4 is 34.5 Å². The smallest absolute Gasteiger partial charge is 0.344 e. The number of alkyl halides is 1. The summed E-state index contributed by atoms with van der Waals surface area (Å²) in [5.41, 5.74) is -0.359. The highest BCUT2D eigenvalue weighted by Gasteiger charge is 2.34. The Morgan fingerprint density at radius 2 is 1.89 bits per heavy atom. The molecule has 0 spiro atoms. The molecule has 4 nitrogen and oxygen atoms in total. The summed E-state index contributed by atoms with van der Waals surface area (Å²) in [6, 6.07) is 0. The first-order chi connectivity index (χ1) is 8.29. The van der Waals surface area contributed by atoms with Gasteiger partial charge in [-0.05, 0) is 46.0 Å². The Balaban J connectivity index is 2.35. The number of hydrogen-bond acceptors (Lipinski definition) is 4. The Bertz CT molecular complexity index is 319. The van der Waals surface area contributed by atoms with E-state index in [2.05, 4.69) is 0 Å². The van der Waals surface area contributed by atoms with E-state index in [0.717, 1.165) is 25.7 Å². The lowest BCUT2D eigenvalue weighted by Crippen LogP contribution is -2.34. The van der Waals surface area contributed by atoms with Crippen LogP contribution in [0.4, 0.5) is 0 Å². The van der Waals surface area contributed by atoms with E-state index in [0.29, 0.717) is 6.42 Å². The van der Waals surface area contributed by atoms with Crippen LogP contribution in [0.1, 0.15) is 52.9 Å². The van der Waals surface area contributed by atoms with Gasteiger partial charge >= 0.3 is 11.9 Å². The molecular weight excluding hydrogens is 347 g/mol. The summed E-state index contributed by atoms with van der Waals surface area (Å²) in [6.45, 7) is 5.35. The first-order valence-corrected chi connectivity index (χ1v) is 7.45. The Hall–Kier alpha value is -0.330. The zero-order valence-electron chi connectivity index (χ0n) is 11.3. The maximum absolute atomic E-state index is 11.7. The molecule has 0 radical (unpaired) electrons. The van der Waals surface area contributed by atoms with Crippen LogP contribution in [0.3, 0.4) is 0 Å². The van der Waals surface area contributed by atoms with E-state index in [1.807, 2.05) is 36.4 Å². The molecule has 1 saturated carbocycles. The van der Waals surface area contributed by atoms with Crippen molar-refractivity contribution in [1.29, 1.82) is 0 Å². The second-order valence-electron chi connectivity index (χ2n) is 5.26. The topological polar surface area (TPSA) is 52.6 Å². The van der Waals surface area contributed by atoms with Gasteiger partial charge in [0.1, 0.15) is 9.02 Å². The summed E-state index contributed by atoms with van der Waals surface area (Å²) in [6.07, 6.45) is 4.63. The van der Waals surface area contributed by atoms with Crippen LogP contribution in [0, 0.1) is 0 Å². The zero-order valence-corrected chi connectivity index (χ0v) is 13.4. The predicted molar refractivity (Wildman–Crippen MR) is 76.6 cm³/mol. The average Bonchev–Trinajstić information content (AvgIpc) is 2.72. The number of carbonyl (C=O) groups is 2. The second kappa shape index (κ2) is 6.21. The fourth-order valence-corrected chi connectivity index (χ4v) is 2.10. The van der Waals surface area contributed by atoms with E-state index in [1.54, 1.807) is 6.92 Å². The summed E-state index contributed by atoms with van der Waals surface area (Å²) in [5, 5.41) is 0. The maximum Gasteiger partial charge on any atom is 0.344 e.